The topological polar surface area (TPSA) is 90.5 Å². The summed E-state index contributed by atoms with van der Waals surface area (Å²) >= 11 is 0. The molecule has 0 fully saturated rings. The molecule has 8 nitrogen and oxygen atoms in total. The summed E-state index contributed by atoms with van der Waals surface area (Å²) < 4.78 is 4.04. The molecule has 162 valence electrons. The van der Waals surface area contributed by atoms with Crippen LogP contribution in [-0.2, 0) is 25.8 Å². The van der Waals surface area contributed by atoms with Crippen LogP contribution in [0.4, 0.5) is 0 Å². The monoisotopic (exact) mass is 427 g/mol. The first-order valence-corrected chi connectivity index (χ1v) is 11.0. The standard InChI is InChI=1S/C24H25N7O/c32-24(19-7-10-21(11-8-19)30-16-25-26-17-30)27-20-9-13-23-29-28-22(31(23)15-14-20)12-6-18-4-2-1-3-5-18/h1-5,7-8,10-11,16-17,20H,6,9,12-15H2,(H,27,32). The Labute approximate surface area is 186 Å². The van der Waals surface area contributed by atoms with E-state index in [1.54, 1.807) is 17.2 Å². The fourth-order valence-electron chi connectivity index (χ4n) is 4.17. The van der Waals surface area contributed by atoms with Gasteiger partial charge in [0, 0.05) is 36.7 Å². The molecule has 4 aromatic rings. The van der Waals surface area contributed by atoms with Crippen LogP contribution in [0.5, 0.6) is 0 Å². The van der Waals surface area contributed by atoms with Crippen LogP contribution in [0.2, 0.25) is 0 Å². The molecule has 1 aliphatic rings. The van der Waals surface area contributed by atoms with Crippen LogP contribution >= 0.6 is 0 Å². The summed E-state index contributed by atoms with van der Waals surface area (Å²) in [6.45, 7) is 0.823. The molecule has 0 spiro atoms. The van der Waals surface area contributed by atoms with Crippen molar-refractivity contribution in [3.05, 3.63) is 90.0 Å². The average molecular weight is 428 g/mol. The van der Waals surface area contributed by atoms with Crippen molar-refractivity contribution in [3.8, 4) is 5.69 Å². The number of hydrogen-bond donors (Lipinski definition) is 1. The lowest BCUT2D eigenvalue weighted by Gasteiger charge is -2.16. The number of aryl methyl sites for hydroxylation is 3. The van der Waals surface area contributed by atoms with E-state index < -0.39 is 0 Å². The number of rotatable bonds is 6. The lowest BCUT2D eigenvalue weighted by atomic mass is 10.1. The van der Waals surface area contributed by atoms with Crippen molar-refractivity contribution >= 4 is 5.91 Å². The van der Waals surface area contributed by atoms with Gasteiger partial charge >= 0.3 is 0 Å². The maximum absolute atomic E-state index is 12.8. The number of nitrogens with one attached hydrogen (secondary N) is 1. The Balaban J connectivity index is 1.19. The summed E-state index contributed by atoms with van der Waals surface area (Å²) in [5.74, 6) is 2.00. The smallest absolute Gasteiger partial charge is 0.251 e. The molecule has 8 heteroatoms. The molecule has 1 unspecified atom stereocenters. The number of fused-ring (bicyclic) bond motifs is 1. The van der Waals surface area contributed by atoms with E-state index in [1.807, 2.05) is 30.3 Å². The minimum Gasteiger partial charge on any atom is -0.349 e. The van der Waals surface area contributed by atoms with Crippen LogP contribution < -0.4 is 5.32 Å². The molecule has 5 rings (SSSR count). The zero-order valence-electron chi connectivity index (χ0n) is 17.8. The summed E-state index contributed by atoms with van der Waals surface area (Å²) in [5.41, 5.74) is 2.87. The van der Waals surface area contributed by atoms with Gasteiger partial charge in [-0.05, 0) is 49.1 Å². The van der Waals surface area contributed by atoms with E-state index in [9.17, 15) is 4.79 Å². The van der Waals surface area contributed by atoms with Crippen LogP contribution in [0.25, 0.3) is 5.69 Å². The van der Waals surface area contributed by atoms with Gasteiger partial charge in [-0.3, -0.25) is 9.36 Å². The highest BCUT2D eigenvalue weighted by atomic mass is 16.1. The molecule has 0 bridgehead atoms. The first-order chi connectivity index (χ1) is 15.8. The molecule has 3 heterocycles. The van der Waals surface area contributed by atoms with Crippen molar-refractivity contribution < 1.29 is 4.79 Å². The third-order valence-electron chi connectivity index (χ3n) is 5.98. The quantitative estimate of drug-likeness (QED) is 0.511. The number of carbonyl (C=O) groups is 1. The minimum atomic E-state index is -0.0488. The summed E-state index contributed by atoms with van der Waals surface area (Å²) in [6.07, 6.45) is 7.63. The van der Waals surface area contributed by atoms with Crippen molar-refractivity contribution in [2.45, 2.75) is 44.7 Å². The van der Waals surface area contributed by atoms with E-state index in [1.165, 1.54) is 5.56 Å². The second-order valence-corrected chi connectivity index (χ2v) is 8.08. The fraction of sp³-hybridized carbons (Fsp3) is 0.292. The summed E-state index contributed by atoms with van der Waals surface area (Å²) in [7, 11) is 0. The largest absolute Gasteiger partial charge is 0.349 e. The second-order valence-electron chi connectivity index (χ2n) is 8.08. The first kappa shape index (κ1) is 20.1. The fourth-order valence-corrected chi connectivity index (χ4v) is 4.17. The lowest BCUT2D eigenvalue weighted by Crippen LogP contribution is -2.35. The van der Waals surface area contributed by atoms with Gasteiger partial charge in [0.15, 0.2) is 0 Å². The summed E-state index contributed by atoms with van der Waals surface area (Å²) in [6, 6.07) is 18.0. The van der Waals surface area contributed by atoms with Gasteiger partial charge in [-0.15, -0.1) is 20.4 Å². The van der Waals surface area contributed by atoms with Gasteiger partial charge in [-0.2, -0.15) is 0 Å². The van der Waals surface area contributed by atoms with Crippen LogP contribution in [0.3, 0.4) is 0 Å². The molecule has 2 aromatic heterocycles. The van der Waals surface area contributed by atoms with E-state index in [4.69, 9.17) is 0 Å². The SMILES string of the molecule is O=C(NC1CCc2nnc(CCc3ccccc3)n2CC1)c1ccc(-n2cnnc2)cc1. The van der Waals surface area contributed by atoms with Gasteiger partial charge in [0.2, 0.25) is 0 Å². The second kappa shape index (κ2) is 9.13. The normalized spacial score (nSPS) is 15.7. The Hall–Kier alpha value is -3.81. The third kappa shape index (κ3) is 4.44. The number of amides is 1. The van der Waals surface area contributed by atoms with Gasteiger partial charge < -0.3 is 9.88 Å². The Morgan fingerprint density at radius 2 is 1.72 bits per heavy atom. The molecule has 0 radical (unpaired) electrons. The highest BCUT2D eigenvalue weighted by molar-refractivity contribution is 5.94. The molecular formula is C24H25N7O. The van der Waals surface area contributed by atoms with E-state index in [2.05, 4.69) is 54.5 Å². The molecule has 32 heavy (non-hydrogen) atoms. The Kier molecular flexibility index (Phi) is 5.74. The van der Waals surface area contributed by atoms with E-state index in [-0.39, 0.29) is 11.9 Å². The van der Waals surface area contributed by atoms with Crippen molar-refractivity contribution in [2.75, 3.05) is 0 Å². The molecule has 1 aliphatic heterocycles. The Bertz CT molecular complexity index is 1170. The predicted molar refractivity (Wildman–Crippen MR) is 119 cm³/mol. The predicted octanol–water partition coefficient (Wildman–Crippen LogP) is 2.78. The molecule has 1 amide bonds. The van der Waals surface area contributed by atoms with Gasteiger partial charge in [0.25, 0.3) is 5.91 Å². The molecule has 0 saturated carbocycles. The number of aromatic nitrogens is 6. The number of nitrogens with zero attached hydrogens (tertiary/aromatic N) is 6. The van der Waals surface area contributed by atoms with Crippen molar-refractivity contribution in [3.63, 3.8) is 0 Å². The van der Waals surface area contributed by atoms with Crippen LogP contribution in [-0.4, -0.2) is 41.5 Å². The molecule has 0 aliphatic carbocycles. The summed E-state index contributed by atoms with van der Waals surface area (Å²) in [5, 5.41) is 19.7. The van der Waals surface area contributed by atoms with Crippen molar-refractivity contribution in [1.29, 1.82) is 0 Å². The maximum Gasteiger partial charge on any atom is 0.251 e. The average Bonchev–Trinajstić information content (AvgIpc) is 3.46. The van der Waals surface area contributed by atoms with E-state index in [0.717, 1.165) is 56.0 Å². The van der Waals surface area contributed by atoms with E-state index in [0.29, 0.717) is 5.56 Å². The van der Waals surface area contributed by atoms with Gasteiger partial charge in [0.05, 0.1) is 0 Å². The number of hydrogen-bond acceptors (Lipinski definition) is 5. The van der Waals surface area contributed by atoms with Crippen LogP contribution in [0.15, 0.2) is 67.3 Å². The lowest BCUT2D eigenvalue weighted by molar-refractivity contribution is 0.0933. The molecule has 1 atom stereocenters. The van der Waals surface area contributed by atoms with Crippen LogP contribution in [0, 0.1) is 0 Å². The highest BCUT2D eigenvalue weighted by Gasteiger charge is 2.22. The molecule has 1 N–H and O–H groups in total. The highest BCUT2D eigenvalue weighted by Crippen LogP contribution is 2.17. The van der Waals surface area contributed by atoms with Crippen molar-refractivity contribution in [2.24, 2.45) is 0 Å². The zero-order chi connectivity index (χ0) is 21.8. The van der Waals surface area contributed by atoms with Crippen molar-refractivity contribution in [1.82, 2.24) is 34.8 Å². The minimum absolute atomic E-state index is 0.0488. The molecule has 0 saturated heterocycles. The van der Waals surface area contributed by atoms with Crippen LogP contribution in [0.1, 0.15) is 40.4 Å². The number of benzene rings is 2. The molecular weight excluding hydrogens is 402 g/mol. The Morgan fingerprint density at radius 1 is 0.938 bits per heavy atom. The Morgan fingerprint density at radius 3 is 2.50 bits per heavy atom. The third-order valence-corrected chi connectivity index (χ3v) is 5.98. The number of carbonyl (C=O) groups excluding carboxylic acids is 1. The van der Waals surface area contributed by atoms with Gasteiger partial charge in [-0.1, -0.05) is 30.3 Å². The van der Waals surface area contributed by atoms with Gasteiger partial charge in [-0.25, -0.2) is 0 Å². The van der Waals surface area contributed by atoms with E-state index >= 15 is 0 Å². The first-order valence-electron chi connectivity index (χ1n) is 11.0. The maximum atomic E-state index is 12.8. The summed E-state index contributed by atoms with van der Waals surface area (Å²) in [4.78, 5) is 12.8. The molecule has 2 aromatic carbocycles. The van der Waals surface area contributed by atoms with Gasteiger partial charge in [0.1, 0.15) is 24.3 Å². The zero-order valence-corrected chi connectivity index (χ0v) is 17.8.